The molecule has 1 fully saturated rings. The molecule has 84 valence electrons. The van der Waals surface area contributed by atoms with E-state index in [9.17, 15) is 19.2 Å². The lowest BCUT2D eigenvalue weighted by molar-refractivity contribution is -0.200. The molecule has 0 aromatic carbocycles. The van der Waals surface area contributed by atoms with Gasteiger partial charge in [0.05, 0.1) is 0 Å². The van der Waals surface area contributed by atoms with Gasteiger partial charge in [-0.3, -0.25) is 19.2 Å². The zero-order chi connectivity index (χ0) is 11.7. The van der Waals surface area contributed by atoms with E-state index in [1.807, 2.05) is 0 Å². The van der Waals surface area contributed by atoms with Crippen molar-refractivity contribution < 1.29 is 24.0 Å². The van der Waals surface area contributed by atoms with Crippen molar-refractivity contribution in [1.29, 1.82) is 0 Å². The summed E-state index contributed by atoms with van der Waals surface area (Å²) < 4.78 is 0. The molecule has 7 nitrogen and oxygen atoms in total. The van der Waals surface area contributed by atoms with Gasteiger partial charge in [0, 0.05) is 25.0 Å². The number of amides is 4. The molecular weight excluding hydrogens is 216 g/mol. The number of imide groups is 2. The van der Waals surface area contributed by atoms with Gasteiger partial charge in [0.1, 0.15) is 0 Å². The predicted octanol–water partition coefficient (Wildman–Crippen LogP) is -1.05. The summed E-state index contributed by atoms with van der Waals surface area (Å²) in [7, 11) is 0. The molecule has 0 aromatic rings. The second-order valence-electron chi connectivity index (χ2n) is 3.28. The first-order valence-electron chi connectivity index (χ1n) is 4.62. The summed E-state index contributed by atoms with van der Waals surface area (Å²) >= 11 is 0. The number of hydrogen-bond acceptors (Lipinski definition) is 5. The Labute approximate surface area is 90.2 Å². The minimum Gasteiger partial charge on any atom is -0.272 e. The summed E-state index contributed by atoms with van der Waals surface area (Å²) in [6.45, 7) is -0.428. The summed E-state index contributed by atoms with van der Waals surface area (Å²) in [6, 6.07) is 0. The number of hydroxylamine groups is 2. The molecule has 0 aromatic heterocycles. The van der Waals surface area contributed by atoms with E-state index in [0.717, 1.165) is 17.1 Å². The van der Waals surface area contributed by atoms with Crippen molar-refractivity contribution in [2.45, 2.75) is 12.8 Å². The van der Waals surface area contributed by atoms with Crippen LogP contribution in [-0.2, 0) is 24.0 Å². The van der Waals surface area contributed by atoms with Crippen LogP contribution in [-0.4, -0.2) is 40.3 Å². The predicted molar refractivity (Wildman–Crippen MR) is 48.0 cm³/mol. The van der Waals surface area contributed by atoms with Gasteiger partial charge >= 0.3 is 0 Å². The highest BCUT2D eigenvalue weighted by atomic mass is 16.7. The monoisotopic (exact) mass is 224 g/mol. The second-order valence-corrected chi connectivity index (χ2v) is 3.28. The zero-order valence-corrected chi connectivity index (χ0v) is 8.21. The van der Waals surface area contributed by atoms with Crippen LogP contribution in [0.1, 0.15) is 12.8 Å². The summed E-state index contributed by atoms with van der Waals surface area (Å²) in [4.78, 5) is 50.1. The van der Waals surface area contributed by atoms with Gasteiger partial charge in [-0.15, -0.1) is 0 Å². The maximum absolute atomic E-state index is 11.1. The lowest BCUT2D eigenvalue weighted by Crippen LogP contribution is -2.38. The van der Waals surface area contributed by atoms with E-state index < -0.39 is 30.4 Å². The Balaban J connectivity index is 1.93. The smallest absolute Gasteiger partial charge is 0.255 e. The van der Waals surface area contributed by atoms with Crippen LogP contribution in [0.4, 0.5) is 0 Å². The lowest BCUT2D eigenvalue weighted by Gasteiger charge is -2.18. The Hall–Kier alpha value is -2.02. The fraction of sp³-hybridized carbons (Fsp3) is 0.333. The fourth-order valence-electron chi connectivity index (χ4n) is 1.37. The topological polar surface area (TPSA) is 84.0 Å². The molecule has 2 rings (SSSR count). The summed E-state index contributed by atoms with van der Waals surface area (Å²) in [5, 5.41) is 0.596. The Morgan fingerprint density at radius 1 is 1.00 bits per heavy atom. The molecule has 16 heavy (non-hydrogen) atoms. The van der Waals surface area contributed by atoms with E-state index in [1.165, 1.54) is 0 Å². The van der Waals surface area contributed by atoms with Gasteiger partial charge < -0.3 is 0 Å². The highest BCUT2D eigenvalue weighted by Crippen LogP contribution is 2.13. The summed E-state index contributed by atoms with van der Waals surface area (Å²) in [5.74, 6) is -1.97. The highest BCUT2D eigenvalue weighted by molar-refractivity contribution is 6.12. The van der Waals surface area contributed by atoms with Crippen LogP contribution in [0.25, 0.3) is 0 Å². The van der Waals surface area contributed by atoms with Crippen LogP contribution in [0.2, 0.25) is 0 Å². The van der Waals surface area contributed by atoms with Crippen molar-refractivity contribution in [3.8, 4) is 0 Å². The molecule has 0 spiro atoms. The first kappa shape index (κ1) is 10.5. The molecule has 0 N–H and O–H groups in total. The minimum atomic E-state index is -0.524. The first-order valence-corrected chi connectivity index (χ1v) is 4.62. The van der Waals surface area contributed by atoms with Gasteiger partial charge in [-0.25, -0.2) is 9.74 Å². The quantitative estimate of drug-likeness (QED) is 0.571. The molecule has 7 heteroatoms. The number of rotatable bonds is 3. The van der Waals surface area contributed by atoms with Crippen LogP contribution in [0.3, 0.4) is 0 Å². The summed E-state index contributed by atoms with van der Waals surface area (Å²) in [5.41, 5.74) is 0. The molecule has 0 bridgehead atoms. The third-order valence-electron chi connectivity index (χ3n) is 2.22. The first-order chi connectivity index (χ1) is 7.59. The van der Waals surface area contributed by atoms with Gasteiger partial charge in [-0.1, -0.05) is 0 Å². The van der Waals surface area contributed by atoms with Crippen LogP contribution in [0, 0.1) is 0 Å². The average molecular weight is 224 g/mol. The molecule has 2 heterocycles. The minimum absolute atomic E-state index is 0.0962. The maximum Gasteiger partial charge on any atom is 0.255 e. The van der Waals surface area contributed by atoms with Crippen molar-refractivity contribution in [3.05, 3.63) is 12.2 Å². The van der Waals surface area contributed by atoms with E-state index in [2.05, 4.69) is 0 Å². The van der Waals surface area contributed by atoms with E-state index in [-0.39, 0.29) is 12.8 Å². The Kier molecular flexibility index (Phi) is 2.53. The van der Waals surface area contributed by atoms with Crippen LogP contribution in [0.15, 0.2) is 12.2 Å². The van der Waals surface area contributed by atoms with Gasteiger partial charge in [0.25, 0.3) is 23.6 Å². The Bertz CT molecular complexity index is 378. The highest BCUT2D eigenvalue weighted by Gasteiger charge is 2.32. The molecule has 4 amide bonds. The van der Waals surface area contributed by atoms with Crippen LogP contribution in [0.5, 0.6) is 0 Å². The molecule has 2 aliphatic heterocycles. The number of hydrogen-bond donors (Lipinski definition) is 0. The van der Waals surface area contributed by atoms with E-state index in [0.29, 0.717) is 5.06 Å². The Morgan fingerprint density at radius 3 is 2.00 bits per heavy atom. The van der Waals surface area contributed by atoms with Crippen molar-refractivity contribution in [2.24, 2.45) is 0 Å². The largest absolute Gasteiger partial charge is 0.272 e. The van der Waals surface area contributed by atoms with E-state index >= 15 is 0 Å². The van der Waals surface area contributed by atoms with Crippen molar-refractivity contribution >= 4 is 23.6 Å². The average Bonchev–Trinajstić information content (AvgIpc) is 2.72. The fourth-order valence-corrected chi connectivity index (χ4v) is 1.37. The molecular formula is C9H8N2O5. The zero-order valence-electron chi connectivity index (χ0n) is 8.21. The third kappa shape index (κ3) is 1.72. The lowest BCUT2D eigenvalue weighted by atomic mass is 10.4. The number of carbonyl (C=O) groups excluding carboxylic acids is 4. The standard InChI is InChI=1S/C9H8N2O5/c12-6-1-2-7(13)10(6)5-16-11-8(14)3-4-9(11)15/h1-2H,3-5H2. The molecule has 1 saturated heterocycles. The SMILES string of the molecule is O=C1C=CC(=O)N1CON1C(=O)CCC1=O. The van der Waals surface area contributed by atoms with Gasteiger partial charge in [0.15, 0.2) is 6.73 Å². The molecule has 0 saturated carbocycles. The third-order valence-corrected chi connectivity index (χ3v) is 2.22. The molecule has 0 radical (unpaired) electrons. The molecule has 0 aliphatic carbocycles. The second kappa shape index (κ2) is 3.86. The van der Waals surface area contributed by atoms with Crippen LogP contribution < -0.4 is 0 Å². The number of carbonyl (C=O) groups is 4. The maximum atomic E-state index is 11.1. The summed E-state index contributed by atoms with van der Waals surface area (Å²) in [6.07, 6.45) is 2.39. The van der Waals surface area contributed by atoms with Crippen molar-refractivity contribution in [2.75, 3.05) is 6.73 Å². The number of nitrogens with zero attached hydrogens (tertiary/aromatic N) is 2. The van der Waals surface area contributed by atoms with Gasteiger partial charge in [-0.2, -0.15) is 5.06 Å². The van der Waals surface area contributed by atoms with Gasteiger partial charge in [0.2, 0.25) is 0 Å². The van der Waals surface area contributed by atoms with Crippen molar-refractivity contribution in [3.63, 3.8) is 0 Å². The van der Waals surface area contributed by atoms with Gasteiger partial charge in [-0.05, 0) is 0 Å². The normalized spacial score (nSPS) is 20.5. The van der Waals surface area contributed by atoms with Crippen molar-refractivity contribution in [1.82, 2.24) is 9.96 Å². The van der Waals surface area contributed by atoms with Crippen LogP contribution >= 0.6 is 0 Å². The molecule has 2 aliphatic rings. The van der Waals surface area contributed by atoms with E-state index in [1.54, 1.807) is 0 Å². The molecule has 0 atom stereocenters. The Morgan fingerprint density at radius 2 is 1.50 bits per heavy atom. The molecule has 0 unspecified atom stereocenters. The van der Waals surface area contributed by atoms with E-state index in [4.69, 9.17) is 4.84 Å².